The van der Waals surface area contributed by atoms with Crippen LogP contribution in [0.5, 0.6) is 11.9 Å². The highest BCUT2D eigenvalue weighted by atomic mass is 16.5. The van der Waals surface area contributed by atoms with Crippen molar-refractivity contribution in [1.29, 1.82) is 0 Å². The van der Waals surface area contributed by atoms with E-state index in [1.165, 1.54) is 12.5 Å². The molecule has 0 aliphatic heterocycles. The number of aliphatic hydroxyl groups is 1. The Hall–Kier alpha value is -2.08. The third-order valence-corrected chi connectivity index (χ3v) is 2.42. The van der Waals surface area contributed by atoms with Crippen LogP contribution in [0.4, 0.5) is 0 Å². The van der Waals surface area contributed by atoms with Gasteiger partial charge in [-0.05, 0) is 26.0 Å². The van der Waals surface area contributed by atoms with Crippen molar-refractivity contribution >= 4 is 0 Å². The molecule has 0 aliphatic rings. The fraction of sp³-hybridized carbons (Fsp3) is 0.385. The summed E-state index contributed by atoms with van der Waals surface area (Å²) in [5.74, 6) is 0.707. The highest BCUT2D eigenvalue weighted by molar-refractivity contribution is 5.32. The van der Waals surface area contributed by atoms with Crippen molar-refractivity contribution in [3.63, 3.8) is 0 Å². The fourth-order valence-corrected chi connectivity index (χ4v) is 1.60. The molecule has 19 heavy (non-hydrogen) atoms. The molecule has 2 rings (SSSR count). The average Bonchev–Trinajstić information content (AvgIpc) is 2.93. The molecule has 0 unspecified atom stereocenters. The van der Waals surface area contributed by atoms with Gasteiger partial charge >= 0.3 is 6.01 Å². The maximum atomic E-state index is 10.2. The van der Waals surface area contributed by atoms with Crippen LogP contribution >= 0.6 is 0 Å². The van der Waals surface area contributed by atoms with E-state index in [0.29, 0.717) is 30.4 Å². The van der Waals surface area contributed by atoms with Crippen molar-refractivity contribution in [2.75, 3.05) is 13.2 Å². The SMILES string of the molecule is CCOc1ncc([C@@H](O)c2ccco2)c(OCC)n1. The quantitative estimate of drug-likeness (QED) is 0.859. The zero-order chi connectivity index (χ0) is 13.7. The Balaban J connectivity index is 2.33. The van der Waals surface area contributed by atoms with E-state index < -0.39 is 6.10 Å². The molecule has 102 valence electrons. The van der Waals surface area contributed by atoms with Gasteiger partial charge in [-0.3, -0.25) is 0 Å². The molecule has 1 N–H and O–H groups in total. The van der Waals surface area contributed by atoms with Crippen molar-refractivity contribution in [2.45, 2.75) is 20.0 Å². The minimum atomic E-state index is -0.966. The second-order valence-corrected chi connectivity index (χ2v) is 3.70. The monoisotopic (exact) mass is 264 g/mol. The first-order chi connectivity index (χ1) is 9.26. The number of aromatic nitrogens is 2. The minimum Gasteiger partial charge on any atom is -0.478 e. The third kappa shape index (κ3) is 3.03. The number of hydrogen-bond acceptors (Lipinski definition) is 6. The summed E-state index contributed by atoms with van der Waals surface area (Å²) in [6.45, 7) is 4.58. The van der Waals surface area contributed by atoms with E-state index in [0.717, 1.165) is 0 Å². The molecule has 0 radical (unpaired) electrons. The molecule has 0 amide bonds. The van der Waals surface area contributed by atoms with Crippen LogP contribution in [0.3, 0.4) is 0 Å². The molecule has 0 saturated carbocycles. The maximum absolute atomic E-state index is 10.2. The lowest BCUT2D eigenvalue weighted by Gasteiger charge is -2.13. The van der Waals surface area contributed by atoms with Crippen LogP contribution in [0.25, 0.3) is 0 Å². The normalized spacial score (nSPS) is 12.2. The minimum absolute atomic E-state index is 0.223. The lowest BCUT2D eigenvalue weighted by Crippen LogP contribution is -2.08. The molecule has 6 heteroatoms. The summed E-state index contributed by atoms with van der Waals surface area (Å²) in [5.41, 5.74) is 0.445. The van der Waals surface area contributed by atoms with Gasteiger partial charge in [0.25, 0.3) is 0 Å². The number of hydrogen-bond donors (Lipinski definition) is 1. The summed E-state index contributed by atoms with van der Waals surface area (Å²) in [6.07, 6.45) is 2.01. The molecule has 0 aliphatic carbocycles. The van der Waals surface area contributed by atoms with Crippen LogP contribution in [0.2, 0.25) is 0 Å². The van der Waals surface area contributed by atoms with Crippen molar-refractivity contribution in [3.05, 3.63) is 35.9 Å². The van der Waals surface area contributed by atoms with E-state index in [9.17, 15) is 5.11 Å². The van der Waals surface area contributed by atoms with Gasteiger partial charge in [-0.15, -0.1) is 0 Å². The second kappa shape index (κ2) is 6.19. The van der Waals surface area contributed by atoms with Gasteiger partial charge in [0, 0.05) is 6.20 Å². The summed E-state index contributed by atoms with van der Waals surface area (Å²) >= 11 is 0. The van der Waals surface area contributed by atoms with E-state index in [2.05, 4.69) is 9.97 Å². The van der Waals surface area contributed by atoms with Crippen molar-refractivity contribution in [3.8, 4) is 11.9 Å². The molecular formula is C13H16N2O4. The first-order valence-electron chi connectivity index (χ1n) is 6.10. The lowest BCUT2D eigenvalue weighted by molar-refractivity contribution is 0.179. The molecule has 0 spiro atoms. The Bertz CT molecular complexity index is 513. The Morgan fingerprint density at radius 3 is 2.74 bits per heavy atom. The molecular weight excluding hydrogens is 248 g/mol. The van der Waals surface area contributed by atoms with Crippen LogP contribution in [0.15, 0.2) is 29.0 Å². The average molecular weight is 264 g/mol. The van der Waals surface area contributed by atoms with E-state index in [1.807, 2.05) is 13.8 Å². The summed E-state index contributed by atoms with van der Waals surface area (Å²) < 4.78 is 15.8. The molecule has 2 aromatic heterocycles. The highest BCUT2D eigenvalue weighted by Crippen LogP contribution is 2.29. The molecule has 2 aromatic rings. The van der Waals surface area contributed by atoms with Gasteiger partial charge in [-0.2, -0.15) is 4.98 Å². The first-order valence-corrected chi connectivity index (χ1v) is 6.10. The standard InChI is InChI=1S/C13H16N2O4/c1-3-17-12-9(8-14-13(15-12)18-4-2)11(16)10-6-5-7-19-10/h5-8,11,16H,3-4H2,1-2H3/t11-/m1/s1. The number of rotatable bonds is 6. The predicted molar refractivity (Wildman–Crippen MR) is 67.1 cm³/mol. The summed E-state index contributed by atoms with van der Waals surface area (Å²) in [6, 6.07) is 3.60. The Kier molecular flexibility index (Phi) is 4.35. The number of furan rings is 1. The smallest absolute Gasteiger partial charge is 0.319 e. The molecule has 0 aromatic carbocycles. The Labute approximate surface area is 111 Å². The van der Waals surface area contributed by atoms with Crippen molar-refractivity contribution in [2.24, 2.45) is 0 Å². The summed E-state index contributed by atoms with van der Waals surface area (Å²) in [4.78, 5) is 8.15. The zero-order valence-corrected chi connectivity index (χ0v) is 10.9. The van der Waals surface area contributed by atoms with Crippen LogP contribution in [0, 0.1) is 0 Å². The summed E-state index contributed by atoms with van der Waals surface area (Å²) in [7, 11) is 0. The second-order valence-electron chi connectivity index (χ2n) is 3.70. The zero-order valence-electron chi connectivity index (χ0n) is 10.9. The Morgan fingerprint density at radius 1 is 1.32 bits per heavy atom. The van der Waals surface area contributed by atoms with Gasteiger partial charge < -0.3 is 19.0 Å². The molecule has 0 bridgehead atoms. The largest absolute Gasteiger partial charge is 0.478 e. The molecule has 2 heterocycles. The first kappa shape index (κ1) is 13.4. The molecule has 0 saturated heterocycles. The van der Waals surface area contributed by atoms with E-state index in [1.54, 1.807) is 12.1 Å². The van der Waals surface area contributed by atoms with Gasteiger partial charge in [0.15, 0.2) is 0 Å². The Morgan fingerprint density at radius 2 is 2.11 bits per heavy atom. The van der Waals surface area contributed by atoms with Crippen LogP contribution in [-0.4, -0.2) is 28.3 Å². The number of nitrogens with zero attached hydrogens (tertiary/aromatic N) is 2. The van der Waals surface area contributed by atoms with Gasteiger partial charge in [0.05, 0.1) is 25.0 Å². The van der Waals surface area contributed by atoms with E-state index >= 15 is 0 Å². The van der Waals surface area contributed by atoms with E-state index in [4.69, 9.17) is 13.9 Å². The van der Waals surface area contributed by atoms with Crippen LogP contribution in [0.1, 0.15) is 31.3 Å². The lowest BCUT2D eigenvalue weighted by atomic mass is 10.1. The van der Waals surface area contributed by atoms with Gasteiger partial charge in [0.1, 0.15) is 11.9 Å². The van der Waals surface area contributed by atoms with E-state index in [-0.39, 0.29) is 6.01 Å². The van der Waals surface area contributed by atoms with Crippen LogP contribution < -0.4 is 9.47 Å². The number of aliphatic hydroxyl groups excluding tert-OH is 1. The maximum Gasteiger partial charge on any atom is 0.319 e. The summed E-state index contributed by atoms with van der Waals surface area (Å²) in [5, 5.41) is 10.2. The highest BCUT2D eigenvalue weighted by Gasteiger charge is 2.20. The van der Waals surface area contributed by atoms with Crippen molar-refractivity contribution < 1.29 is 19.0 Å². The molecule has 0 fully saturated rings. The van der Waals surface area contributed by atoms with Gasteiger partial charge in [0.2, 0.25) is 5.88 Å². The van der Waals surface area contributed by atoms with Gasteiger partial charge in [-0.1, -0.05) is 0 Å². The number of ether oxygens (including phenoxy) is 2. The predicted octanol–water partition coefficient (Wildman–Crippen LogP) is 1.95. The molecule has 6 nitrogen and oxygen atoms in total. The topological polar surface area (TPSA) is 77.6 Å². The van der Waals surface area contributed by atoms with Crippen molar-refractivity contribution in [1.82, 2.24) is 9.97 Å². The van der Waals surface area contributed by atoms with Gasteiger partial charge in [-0.25, -0.2) is 4.98 Å². The third-order valence-electron chi connectivity index (χ3n) is 2.42. The molecule has 1 atom stereocenters. The fourth-order valence-electron chi connectivity index (χ4n) is 1.60. The van der Waals surface area contributed by atoms with Crippen LogP contribution in [-0.2, 0) is 0 Å².